The molecule has 2 heteroatoms. The van der Waals surface area contributed by atoms with Gasteiger partial charge in [-0.15, -0.1) is 0 Å². The van der Waals surface area contributed by atoms with E-state index in [0.717, 1.165) is 6.54 Å². The predicted octanol–water partition coefficient (Wildman–Crippen LogP) is 0.389. The van der Waals surface area contributed by atoms with Crippen LogP contribution in [0.5, 0.6) is 0 Å². The number of nitrogens with zero attached hydrogens (tertiary/aromatic N) is 2. The van der Waals surface area contributed by atoms with Gasteiger partial charge >= 0.3 is 0 Å². The van der Waals surface area contributed by atoms with Crippen LogP contribution in [0.25, 0.3) is 0 Å². The minimum Gasteiger partial charge on any atom is -0.0916 e. The van der Waals surface area contributed by atoms with Gasteiger partial charge in [0.15, 0.2) is 12.7 Å². The van der Waals surface area contributed by atoms with Gasteiger partial charge in [-0.1, -0.05) is 4.68 Å². The molecule has 0 unspecified atom stereocenters. The van der Waals surface area contributed by atoms with Gasteiger partial charge in [-0.05, 0) is 18.1 Å². The highest BCUT2D eigenvalue weighted by molar-refractivity contribution is 4.76. The van der Waals surface area contributed by atoms with E-state index >= 15 is 0 Å². The first-order chi connectivity index (χ1) is 3.93. The zero-order chi connectivity index (χ0) is 5.82. The first kappa shape index (κ1) is 5.22. The maximum absolute atomic E-state index is 4.01. The Hall–Kier alpha value is -0.920. The molecule has 1 rings (SSSR count). The smallest absolute Gasteiger partial charge is 0.0916 e. The number of aromatic nitrogens is 2. The minimum atomic E-state index is 0.945. The molecule has 0 aliphatic rings. The average Bonchev–Trinajstić information content (AvgIpc) is 1.90. The topological polar surface area (TPSA) is 16.8 Å². The van der Waals surface area contributed by atoms with Crippen molar-refractivity contribution in [1.29, 1.82) is 0 Å². The summed E-state index contributed by atoms with van der Waals surface area (Å²) >= 11 is 0. The highest BCUT2D eigenvalue weighted by Crippen LogP contribution is 1.69. The molecule has 1 aromatic heterocycles. The van der Waals surface area contributed by atoms with Crippen LogP contribution in [0.4, 0.5) is 0 Å². The summed E-state index contributed by atoms with van der Waals surface area (Å²) in [5.74, 6) is 0. The molecule has 0 aliphatic heterocycles. The SMILES string of the molecule is CC[n+]1ccccn1. The van der Waals surface area contributed by atoms with Crippen molar-refractivity contribution in [3.8, 4) is 0 Å². The molecule has 1 aromatic rings. The van der Waals surface area contributed by atoms with Gasteiger partial charge in [0.05, 0.1) is 6.20 Å². The second kappa shape index (κ2) is 2.40. The molecule has 42 valence electrons. The van der Waals surface area contributed by atoms with Gasteiger partial charge in [0.25, 0.3) is 0 Å². The quantitative estimate of drug-likeness (QED) is 0.477. The van der Waals surface area contributed by atoms with E-state index in [9.17, 15) is 0 Å². The summed E-state index contributed by atoms with van der Waals surface area (Å²) in [6.07, 6.45) is 3.73. The van der Waals surface area contributed by atoms with Crippen LogP contribution in [0.2, 0.25) is 0 Å². The Bertz CT molecular complexity index is 148. The van der Waals surface area contributed by atoms with Crippen molar-refractivity contribution in [1.82, 2.24) is 5.10 Å². The van der Waals surface area contributed by atoms with E-state index < -0.39 is 0 Å². The summed E-state index contributed by atoms with van der Waals surface area (Å²) in [6, 6.07) is 3.88. The number of hydrogen-bond donors (Lipinski definition) is 0. The molecule has 0 spiro atoms. The molecule has 1 heterocycles. The lowest BCUT2D eigenvalue weighted by Gasteiger charge is -1.81. The number of hydrogen-bond acceptors (Lipinski definition) is 1. The van der Waals surface area contributed by atoms with Crippen molar-refractivity contribution < 1.29 is 4.68 Å². The molecule has 0 saturated carbocycles. The highest BCUT2D eigenvalue weighted by atomic mass is 15.2. The van der Waals surface area contributed by atoms with Crippen LogP contribution in [-0.2, 0) is 6.54 Å². The van der Waals surface area contributed by atoms with Gasteiger partial charge in [0, 0.05) is 6.07 Å². The molecule has 0 aliphatic carbocycles. The summed E-state index contributed by atoms with van der Waals surface area (Å²) in [7, 11) is 0. The first-order valence-electron chi connectivity index (χ1n) is 2.74. The van der Waals surface area contributed by atoms with Crippen molar-refractivity contribution >= 4 is 0 Å². The van der Waals surface area contributed by atoms with Crippen molar-refractivity contribution in [2.24, 2.45) is 0 Å². The van der Waals surface area contributed by atoms with Crippen molar-refractivity contribution in [2.75, 3.05) is 0 Å². The number of aryl methyl sites for hydroxylation is 1. The Labute approximate surface area is 48.8 Å². The molecule has 0 radical (unpaired) electrons. The van der Waals surface area contributed by atoms with Gasteiger partial charge < -0.3 is 0 Å². The fourth-order valence-electron chi connectivity index (χ4n) is 0.548. The average molecular weight is 109 g/mol. The van der Waals surface area contributed by atoms with Crippen LogP contribution in [0, 0.1) is 0 Å². The summed E-state index contributed by atoms with van der Waals surface area (Å²) in [4.78, 5) is 0. The summed E-state index contributed by atoms with van der Waals surface area (Å²) in [6.45, 7) is 3.01. The van der Waals surface area contributed by atoms with E-state index in [0.29, 0.717) is 0 Å². The van der Waals surface area contributed by atoms with Crippen LogP contribution in [-0.4, -0.2) is 5.10 Å². The van der Waals surface area contributed by atoms with E-state index in [2.05, 4.69) is 12.0 Å². The van der Waals surface area contributed by atoms with Gasteiger partial charge in [-0.25, -0.2) is 0 Å². The molecule has 0 atom stereocenters. The summed E-state index contributed by atoms with van der Waals surface area (Å²) < 4.78 is 1.88. The van der Waals surface area contributed by atoms with E-state index in [-0.39, 0.29) is 0 Å². The lowest BCUT2D eigenvalue weighted by atomic mass is 10.6. The second-order valence-corrected chi connectivity index (χ2v) is 1.55. The molecular weight excluding hydrogens is 100 g/mol. The van der Waals surface area contributed by atoms with Crippen LogP contribution in [0.15, 0.2) is 24.5 Å². The fraction of sp³-hybridized carbons (Fsp3) is 0.333. The monoisotopic (exact) mass is 109 g/mol. The van der Waals surface area contributed by atoms with Crippen molar-refractivity contribution in [3.05, 3.63) is 24.5 Å². The highest BCUT2D eigenvalue weighted by Gasteiger charge is 1.88. The van der Waals surface area contributed by atoms with E-state index in [1.54, 1.807) is 6.20 Å². The Morgan fingerprint density at radius 1 is 1.50 bits per heavy atom. The van der Waals surface area contributed by atoms with Crippen LogP contribution in [0.1, 0.15) is 6.92 Å². The van der Waals surface area contributed by atoms with Crippen LogP contribution >= 0.6 is 0 Å². The van der Waals surface area contributed by atoms with Crippen molar-refractivity contribution in [2.45, 2.75) is 13.5 Å². The van der Waals surface area contributed by atoms with E-state index in [1.165, 1.54) is 0 Å². The van der Waals surface area contributed by atoms with Crippen molar-refractivity contribution in [3.63, 3.8) is 0 Å². The van der Waals surface area contributed by atoms with E-state index in [1.807, 2.05) is 23.0 Å². The summed E-state index contributed by atoms with van der Waals surface area (Å²) in [5.41, 5.74) is 0. The van der Waals surface area contributed by atoms with Gasteiger partial charge in [0.1, 0.15) is 0 Å². The molecule has 0 fully saturated rings. The Morgan fingerprint density at radius 3 is 2.75 bits per heavy atom. The normalized spacial score (nSPS) is 9.12. The Kier molecular flexibility index (Phi) is 1.57. The van der Waals surface area contributed by atoms with Crippen LogP contribution in [0.3, 0.4) is 0 Å². The molecule has 2 nitrogen and oxygen atoms in total. The lowest BCUT2D eigenvalue weighted by molar-refractivity contribution is -0.750. The van der Waals surface area contributed by atoms with Gasteiger partial charge in [0.2, 0.25) is 0 Å². The fourth-order valence-corrected chi connectivity index (χ4v) is 0.548. The Morgan fingerprint density at radius 2 is 2.38 bits per heavy atom. The zero-order valence-corrected chi connectivity index (χ0v) is 4.91. The third-order valence-electron chi connectivity index (χ3n) is 0.994. The molecule has 0 bridgehead atoms. The summed E-state index contributed by atoms with van der Waals surface area (Å²) in [5, 5.41) is 4.01. The molecule has 0 saturated heterocycles. The third-order valence-corrected chi connectivity index (χ3v) is 0.994. The van der Waals surface area contributed by atoms with Crippen LogP contribution < -0.4 is 4.68 Å². The molecule has 0 amide bonds. The minimum absolute atomic E-state index is 0.945. The van der Waals surface area contributed by atoms with Gasteiger partial charge in [-0.3, -0.25) is 0 Å². The number of rotatable bonds is 1. The zero-order valence-electron chi connectivity index (χ0n) is 4.91. The maximum atomic E-state index is 4.01. The largest absolute Gasteiger partial charge is 0.196 e. The molecule has 8 heavy (non-hydrogen) atoms. The lowest BCUT2D eigenvalue weighted by Crippen LogP contribution is -2.35. The first-order valence-corrected chi connectivity index (χ1v) is 2.74. The maximum Gasteiger partial charge on any atom is 0.196 e. The standard InChI is InChI=1S/C6H9N2/c1-2-8-6-4-3-5-7-8/h3-6H,2H2,1H3/q+1. The Balaban J connectivity index is 2.83. The molecule has 0 N–H and O–H groups in total. The second-order valence-electron chi connectivity index (χ2n) is 1.55. The third kappa shape index (κ3) is 1.03. The molecule has 0 aromatic carbocycles. The predicted molar refractivity (Wildman–Crippen MR) is 30.1 cm³/mol. The van der Waals surface area contributed by atoms with Gasteiger partial charge in [-0.2, -0.15) is 0 Å². The molecular formula is C6H9N2+. The van der Waals surface area contributed by atoms with E-state index in [4.69, 9.17) is 0 Å².